The molecular weight excluding hydrogens is 203 g/mol. The van der Waals surface area contributed by atoms with Crippen LogP contribution in [0, 0.1) is 0 Å². The summed E-state index contributed by atoms with van der Waals surface area (Å²) >= 11 is -2.60. The summed E-state index contributed by atoms with van der Waals surface area (Å²) in [6, 6.07) is 4.31. The van der Waals surface area contributed by atoms with Gasteiger partial charge < -0.3 is 20.2 Å². The van der Waals surface area contributed by atoms with Crippen LogP contribution >= 0.6 is 0 Å². The van der Waals surface area contributed by atoms with E-state index in [0.717, 1.165) is 0 Å². The first-order valence-electron chi connectivity index (χ1n) is 3.02. The van der Waals surface area contributed by atoms with Crippen LogP contribution in [0.15, 0.2) is 18.2 Å². The van der Waals surface area contributed by atoms with E-state index in [0.29, 0.717) is 5.69 Å². The molecule has 4 N–H and O–H groups in total. The Kier molecular flexibility index (Phi) is 5.34. The minimum Gasteiger partial charge on any atom is -0.740 e. The van der Waals surface area contributed by atoms with Crippen molar-refractivity contribution in [2.75, 3.05) is 11.5 Å². The van der Waals surface area contributed by atoms with Crippen LogP contribution in [0.4, 0.5) is 11.4 Å². The van der Waals surface area contributed by atoms with Gasteiger partial charge in [-0.15, -0.1) is 0 Å². The summed E-state index contributed by atoms with van der Waals surface area (Å²) in [5.74, 6) is 0.0810. The fourth-order valence-electron chi connectivity index (χ4n) is 0.716. The van der Waals surface area contributed by atoms with Crippen molar-refractivity contribution < 1.29 is 42.5 Å². The fourth-order valence-corrected chi connectivity index (χ4v) is 1.01. The smallest absolute Gasteiger partial charge is 0.740 e. The summed E-state index contributed by atoms with van der Waals surface area (Å²) in [7, 11) is 0. The summed E-state index contributed by atoms with van der Waals surface area (Å²) in [5, 5.41) is 0. The van der Waals surface area contributed by atoms with Crippen LogP contribution in [-0.2, 0) is 11.4 Å². The molecule has 0 radical (unpaired) electrons. The molecule has 0 spiro atoms. The van der Waals surface area contributed by atoms with Gasteiger partial charge in [0, 0.05) is 5.69 Å². The number of benzene rings is 1. The summed E-state index contributed by atoms with van der Waals surface area (Å²) in [6.07, 6.45) is 0. The van der Waals surface area contributed by atoms with Gasteiger partial charge in [-0.2, -0.15) is 0 Å². The second-order valence-corrected chi connectivity index (χ2v) is 2.66. The van der Waals surface area contributed by atoms with E-state index in [1.807, 2.05) is 0 Å². The van der Waals surface area contributed by atoms with Gasteiger partial charge >= 0.3 is 29.6 Å². The molecule has 0 saturated heterocycles. The minimum atomic E-state index is -2.60. The molecular formula is C6H7N2NaO3S. The van der Waals surface area contributed by atoms with Crippen molar-refractivity contribution >= 4 is 22.7 Å². The van der Waals surface area contributed by atoms with Crippen LogP contribution in [0.3, 0.4) is 0 Å². The van der Waals surface area contributed by atoms with Crippen LogP contribution in [0.2, 0.25) is 0 Å². The Bertz CT molecular complexity index is 321. The predicted octanol–water partition coefficient (Wildman–Crippen LogP) is -2.97. The van der Waals surface area contributed by atoms with Crippen molar-refractivity contribution in [3.8, 4) is 5.75 Å². The molecule has 1 unspecified atom stereocenters. The number of hydrogen-bond acceptors (Lipinski definition) is 5. The van der Waals surface area contributed by atoms with Crippen LogP contribution in [-0.4, -0.2) is 8.76 Å². The Hall–Kier alpha value is -0.270. The second-order valence-electron chi connectivity index (χ2n) is 2.08. The second kappa shape index (κ2) is 5.46. The van der Waals surface area contributed by atoms with Gasteiger partial charge in [0.15, 0.2) is 5.75 Å². The van der Waals surface area contributed by atoms with Crippen LogP contribution in [0.1, 0.15) is 0 Å². The fraction of sp³-hybridized carbons (Fsp3) is 0. The molecule has 0 fully saturated rings. The summed E-state index contributed by atoms with van der Waals surface area (Å²) < 4.78 is 24.5. The average molecular weight is 210 g/mol. The molecule has 0 aliphatic carbocycles. The third-order valence-corrected chi connectivity index (χ3v) is 1.51. The van der Waals surface area contributed by atoms with E-state index in [2.05, 4.69) is 4.18 Å². The van der Waals surface area contributed by atoms with Gasteiger partial charge in [0.1, 0.15) is 11.4 Å². The molecule has 1 aromatic carbocycles. The first-order chi connectivity index (χ1) is 5.59. The van der Waals surface area contributed by atoms with Gasteiger partial charge in [0.05, 0.1) is 5.69 Å². The van der Waals surface area contributed by atoms with Gasteiger partial charge in [-0.3, -0.25) is 0 Å². The van der Waals surface area contributed by atoms with Crippen LogP contribution < -0.4 is 45.2 Å². The first-order valence-corrected chi connectivity index (χ1v) is 4.02. The molecule has 66 valence electrons. The third-order valence-electron chi connectivity index (χ3n) is 1.19. The molecule has 0 amide bonds. The maximum absolute atomic E-state index is 10.1. The number of nitrogen functional groups attached to an aromatic ring is 2. The largest absolute Gasteiger partial charge is 1.00 e. The number of anilines is 2. The van der Waals surface area contributed by atoms with Crippen molar-refractivity contribution in [3.05, 3.63) is 18.2 Å². The van der Waals surface area contributed by atoms with Crippen LogP contribution in [0.25, 0.3) is 0 Å². The van der Waals surface area contributed by atoms with Gasteiger partial charge in [0.25, 0.3) is 0 Å². The standard InChI is InChI=1S/C6H8N2O3S.Na/c7-4-1-2-6(5(8)3-4)11-12(9)10;/h1-3H,7-8H2,(H,9,10);/q;+1/p-1. The Morgan fingerprint density at radius 1 is 1.38 bits per heavy atom. The van der Waals surface area contributed by atoms with E-state index >= 15 is 0 Å². The average Bonchev–Trinajstić information content (AvgIpc) is 1.94. The van der Waals surface area contributed by atoms with E-state index in [9.17, 15) is 8.76 Å². The minimum absolute atomic E-state index is 0. The molecule has 0 aliphatic rings. The van der Waals surface area contributed by atoms with E-state index in [-0.39, 0.29) is 41.0 Å². The van der Waals surface area contributed by atoms with Crippen molar-refractivity contribution in [2.24, 2.45) is 0 Å². The Morgan fingerprint density at radius 3 is 2.46 bits per heavy atom. The molecule has 0 aromatic heterocycles. The van der Waals surface area contributed by atoms with Gasteiger partial charge in [-0.25, -0.2) is 4.21 Å². The van der Waals surface area contributed by atoms with Crippen LogP contribution in [0.5, 0.6) is 5.75 Å². The maximum Gasteiger partial charge on any atom is 1.00 e. The van der Waals surface area contributed by atoms with Crippen molar-refractivity contribution in [3.63, 3.8) is 0 Å². The van der Waals surface area contributed by atoms with E-state index in [1.165, 1.54) is 18.2 Å². The van der Waals surface area contributed by atoms with Crippen molar-refractivity contribution in [2.45, 2.75) is 0 Å². The SMILES string of the molecule is Nc1ccc(OS(=O)[O-])c(N)c1.[Na+]. The van der Waals surface area contributed by atoms with E-state index in [4.69, 9.17) is 11.5 Å². The molecule has 0 heterocycles. The normalized spacial score (nSPS) is 11.5. The Balaban J connectivity index is 0.00000144. The van der Waals surface area contributed by atoms with Gasteiger partial charge in [0.2, 0.25) is 0 Å². The molecule has 0 bridgehead atoms. The molecule has 1 atom stereocenters. The van der Waals surface area contributed by atoms with Gasteiger partial charge in [-0.05, 0) is 18.2 Å². The number of rotatable bonds is 2. The molecule has 1 aromatic rings. The van der Waals surface area contributed by atoms with E-state index < -0.39 is 11.4 Å². The van der Waals surface area contributed by atoms with Gasteiger partial charge in [-0.1, -0.05) is 0 Å². The Morgan fingerprint density at radius 2 is 2.00 bits per heavy atom. The maximum atomic E-state index is 10.1. The zero-order valence-corrected chi connectivity index (χ0v) is 9.84. The van der Waals surface area contributed by atoms with Crippen molar-refractivity contribution in [1.82, 2.24) is 0 Å². The third kappa shape index (κ3) is 3.97. The zero-order chi connectivity index (χ0) is 9.14. The number of hydrogen-bond donors (Lipinski definition) is 2. The first kappa shape index (κ1) is 12.7. The van der Waals surface area contributed by atoms with E-state index in [1.54, 1.807) is 0 Å². The quantitative estimate of drug-likeness (QED) is 0.308. The topological polar surface area (TPSA) is 101 Å². The molecule has 0 aliphatic heterocycles. The molecule has 1 rings (SSSR count). The summed E-state index contributed by atoms with van der Waals surface area (Å²) in [6.45, 7) is 0. The Labute approximate surface area is 100 Å². The summed E-state index contributed by atoms with van der Waals surface area (Å²) in [4.78, 5) is 0. The summed E-state index contributed by atoms with van der Waals surface area (Å²) in [5.41, 5.74) is 11.4. The molecule has 13 heavy (non-hydrogen) atoms. The number of nitrogens with two attached hydrogens (primary N) is 2. The monoisotopic (exact) mass is 210 g/mol. The predicted molar refractivity (Wildman–Crippen MR) is 44.8 cm³/mol. The molecule has 0 saturated carbocycles. The van der Waals surface area contributed by atoms with Crippen molar-refractivity contribution in [1.29, 1.82) is 0 Å². The molecule has 7 heteroatoms. The molecule has 5 nitrogen and oxygen atoms in total. The zero-order valence-electron chi connectivity index (χ0n) is 7.02.